The van der Waals surface area contributed by atoms with E-state index in [2.05, 4.69) is 12.2 Å². The zero-order valence-electron chi connectivity index (χ0n) is 14.6. The SMILES string of the molecule is CCCCOc1cccc(CNC(=O)CC(N)c2ccccc2)c1.Cl. The monoisotopic (exact) mass is 362 g/mol. The predicted octanol–water partition coefficient (Wildman–Crippen LogP) is 3.99. The van der Waals surface area contributed by atoms with Crippen LogP contribution in [0.2, 0.25) is 0 Å². The van der Waals surface area contributed by atoms with E-state index in [1.165, 1.54) is 0 Å². The molecule has 3 N–H and O–H groups in total. The quantitative estimate of drug-likeness (QED) is 0.663. The van der Waals surface area contributed by atoms with E-state index in [1.54, 1.807) is 0 Å². The lowest BCUT2D eigenvalue weighted by atomic mass is 10.0. The summed E-state index contributed by atoms with van der Waals surface area (Å²) in [6.45, 7) is 3.33. The maximum atomic E-state index is 12.1. The van der Waals surface area contributed by atoms with E-state index >= 15 is 0 Å². The minimum atomic E-state index is -0.282. The standard InChI is InChI=1S/C20H26N2O2.ClH/c1-2-3-12-24-18-11-7-8-16(13-18)15-22-20(23)14-19(21)17-9-5-4-6-10-17;/h4-11,13,19H,2-3,12,14-15,21H2,1H3,(H,22,23);1H. The largest absolute Gasteiger partial charge is 0.494 e. The van der Waals surface area contributed by atoms with Crippen LogP contribution < -0.4 is 15.8 Å². The number of amides is 1. The molecule has 2 rings (SSSR count). The second-order valence-corrected chi connectivity index (χ2v) is 5.85. The fraction of sp³-hybridized carbons (Fsp3) is 0.350. The molecule has 1 atom stereocenters. The summed E-state index contributed by atoms with van der Waals surface area (Å²) < 4.78 is 5.68. The highest BCUT2D eigenvalue weighted by Gasteiger charge is 2.11. The van der Waals surface area contributed by atoms with Gasteiger partial charge in [0.25, 0.3) is 0 Å². The Hall–Kier alpha value is -2.04. The molecule has 2 aromatic rings. The first-order chi connectivity index (χ1) is 11.7. The van der Waals surface area contributed by atoms with Gasteiger partial charge >= 0.3 is 0 Å². The second-order valence-electron chi connectivity index (χ2n) is 5.85. The summed E-state index contributed by atoms with van der Waals surface area (Å²) in [7, 11) is 0. The Bertz CT molecular complexity index is 635. The average molecular weight is 363 g/mol. The highest BCUT2D eigenvalue weighted by atomic mass is 35.5. The summed E-state index contributed by atoms with van der Waals surface area (Å²) in [5.74, 6) is 0.792. The van der Waals surface area contributed by atoms with Crippen molar-refractivity contribution in [3.05, 3.63) is 65.7 Å². The molecule has 0 aliphatic heterocycles. The number of hydrogen-bond donors (Lipinski definition) is 2. The molecule has 136 valence electrons. The molecule has 0 spiro atoms. The highest BCUT2D eigenvalue weighted by molar-refractivity contribution is 5.85. The van der Waals surface area contributed by atoms with Crippen molar-refractivity contribution < 1.29 is 9.53 Å². The molecule has 0 heterocycles. The summed E-state index contributed by atoms with van der Waals surface area (Å²) in [5.41, 5.74) is 8.07. The van der Waals surface area contributed by atoms with E-state index in [1.807, 2.05) is 54.6 Å². The fourth-order valence-electron chi connectivity index (χ4n) is 2.37. The van der Waals surface area contributed by atoms with Gasteiger partial charge in [-0.1, -0.05) is 55.8 Å². The van der Waals surface area contributed by atoms with Crippen LogP contribution in [0.4, 0.5) is 0 Å². The molecule has 0 bridgehead atoms. The van der Waals surface area contributed by atoms with Crippen LogP contribution in [0.1, 0.15) is 43.4 Å². The molecule has 2 aromatic carbocycles. The van der Waals surface area contributed by atoms with E-state index in [4.69, 9.17) is 10.5 Å². The number of hydrogen-bond acceptors (Lipinski definition) is 3. The molecule has 0 radical (unpaired) electrons. The number of rotatable bonds is 9. The Kier molecular flexibility index (Phi) is 9.66. The van der Waals surface area contributed by atoms with E-state index in [-0.39, 0.29) is 30.8 Å². The minimum Gasteiger partial charge on any atom is -0.494 e. The predicted molar refractivity (Wildman–Crippen MR) is 104 cm³/mol. The van der Waals surface area contributed by atoms with Crippen LogP contribution in [0.15, 0.2) is 54.6 Å². The first kappa shape index (κ1) is 21.0. The molecule has 4 nitrogen and oxygen atoms in total. The number of nitrogens with one attached hydrogen (secondary N) is 1. The minimum absolute atomic E-state index is 0. The van der Waals surface area contributed by atoms with Crippen LogP contribution in [0, 0.1) is 0 Å². The van der Waals surface area contributed by atoms with Crippen LogP contribution >= 0.6 is 12.4 Å². The molecule has 0 aliphatic rings. The summed E-state index contributed by atoms with van der Waals surface area (Å²) >= 11 is 0. The van der Waals surface area contributed by atoms with Crippen molar-refractivity contribution in [2.24, 2.45) is 5.73 Å². The Labute approximate surface area is 156 Å². The Morgan fingerprint density at radius 3 is 2.64 bits per heavy atom. The van der Waals surface area contributed by atoms with Crippen molar-refractivity contribution >= 4 is 18.3 Å². The van der Waals surface area contributed by atoms with Crippen LogP contribution in [0.5, 0.6) is 5.75 Å². The van der Waals surface area contributed by atoms with Gasteiger partial charge in [-0.3, -0.25) is 4.79 Å². The van der Waals surface area contributed by atoms with Gasteiger partial charge in [-0.2, -0.15) is 0 Å². The molecule has 1 amide bonds. The lowest BCUT2D eigenvalue weighted by Gasteiger charge is -2.12. The molecule has 0 saturated heterocycles. The Morgan fingerprint density at radius 2 is 1.92 bits per heavy atom. The molecule has 5 heteroatoms. The lowest BCUT2D eigenvalue weighted by molar-refractivity contribution is -0.121. The normalized spacial score (nSPS) is 11.3. The van der Waals surface area contributed by atoms with Crippen molar-refractivity contribution in [1.29, 1.82) is 0 Å². The summed E-state index contributed by atoms with van der Waals surface area (Å²) in [5, 5.41) is 2.92. The van der Waals surface area contributed by atoms with Crippen molar-refractivity contribution in [3.63, 3.8) is 0 Å². The number of unbranched alkanes of at least 4 members (excludes halogenated alkanes) is 1. The zero-order chi connectivity index (χ0) is 17.2. The first-order valence-corrected chi connectivity index (χ1v) is 8.48. The molecular formula is C20H27ClN2O2. The molecule has 0 aromatic heterocycles. The van der Waals surface area contributed by atoms with Gasteiger partial charge in [0.2, 0.25) is 5.91 Å². The maximum Gasteiger partial charge on any atom is 0.222 e. The van der Waals surface area contributed by atoms with Gasteiger partial charge in [-0.25, -0.2) is 0 Å². The second kappa shape index (κ2) is 11.5. The van der Waals surface area contributed by atoms with Gasteiger partial charge in [0.05, 0.1) is 6.61 Å². The third kappa shape index (κ3) is 7.59. The van der Waals surface area contributed by atoms with E-state index < -0.39 is 0 Å². The zero-order valence-corrected chi connectivity index (χ0v) is 15.4. The number of ether oxygens (including phenoxy) is 1. The number of halogens is 1. The molecule has 0 fully saturated rings. The van der Waals surface area contributed by atoms with Crippen LogP contribution in [-0.2, 0) is 11.3 Å². The molecule has 0 saturated carbocycles. The lowest BCUT2D eigenvalue weighted by Crippen LogP contribution is -2.27. The summed E-state index contributed by atoms with van der Waals surface area (Å²) in [6, 6.07) is 17.2. The number of carbonyl (C=O) groups excluding carboxylic acids is 1. The van der Waals surface area contributed by atoms with Crippen LogP contribution in [0.3, 0.4) is 0 Å². The summed E-state index contributed by atoms with van der Waals surface area (Å²) in [6.07, 6.45) is 2.42. The highest BCUT2D eigenvalue weighted by Crippen LogP contribution is 2.15. The van der Waals surface area contributed by atoms with Gasteiger partial charge in [0.15, 0.2) is 0 Å². The number of carbonyl (C=O) groups is 1. The van der Waals surface area contributed by atoms with Gasteiger partial charge in [0.1, 0.15) is 5.75 Å². The molecule has 1 unspecified atom stereocenters. The fourth-order valence-corrected chi connectivity index (χ4v) is 2.37. The average Bonchev–Trinajstić information content (AvgIpc) is 2.61. The van der Waals surface area contributed by atoms with Gasteiger partial charge in [0, 0.05) is 19.0 Å². The molecular weight excluding hydrogens is 336 g/mol. The molecule has 25 heavy (non-hydrogen) atoms. The smallest absolute Gasteiger partial charge is 0.222 e. The van der Waals surface area contributed by atoms with E-state index in [0.29, 0.717) is 6.54 Å². The number of benzene rings is 2. The third-order valence-corrected chi connectivity index (χ3v) is 3.79. The van der Waals surface area contributed by atoms with E-state index in [0.717, 1.165) is 36.3 Å². The van der Waals surface area contributed by atoms with E-state index in [9.17, 15) is 4.79 Å². The first-order valence-electron chi connectivity index (χ1n) is 8.48. The number of nitrogens with two attached hydrogens (primary N) is 1. The van der Waals surface area contributed by atoms with Crippen molar-refractivity contribution in [2.45, 2.75) is 38.8 Å². The van der Waals surface area contributed by atoms with Crippen molar-refractivity contribution in [2.75, 3.05) is 6.61 Å². The Balaban J connectivity index is 0.00000312. The van der Waals surface area contributed by atoms with Crippen LogP contribution in [-0.4, -0.2) is 12.5 Å². The van der Waals surface area contributed by atoms with Gasteiger partial charge < -0.3 is 15.8 Å². The molecule has 0 aliphatic carbocycles. The Morgan fingerprint density at radius 1 is 1.16 bits per heavy atom. The van der Waals surface area contributed by atoms with Crippen molar-refractivity contribution in [3.8, 4) is 5.75 Å². The van der Waals surface area contributed by atoms with Gasteiger partial charge in [-0.15, -0.1) is 12.4 Å². The topological polar surface area (TPSA) is 64.3 Å². The van der Waals surface area contributed by atoms with Gasteiger partial charge in [-0.05, 0) is 29.7 Å². The summed E-state index contributed by atoms with van der Waals surface area (Å²) in [4.78, 5) is 12.1. The third-order valence-electron chi connectivity index (χ3n) is 3.79. The van der Waals surface area contributed by atoms with Crippen molar-refractivity contribution in [1.82, 2.24) is 5.32 Å². The maximum absolute atomic E-state index is 12.1. The van der Waals surface area contributed by atoms with Crippen LogP contribution in [0.25, 0.3) is 0 Å².